The van der Waals surface area contributed by atoms with E-state index >= 15 is 0 Å². The zero-order valence-electron chi connectivity index (χ0n) is 10.9. The maximum absolute atomic E-state index is 5.76. The minimum absolute atomic E-state index is 0.476. The summed E-state index contributed by atoms with van der Waals surface area (Å²) in [5.41, 5.74) is 1.19. The van der Waals surface area contributed by atoms with Gasteiger partial charge in [0, 0.05) is 4.90 Å². The zero-order valence-corrected chi connectivity index (χ0v) is 13.3. The third-order valence-electron chi connectivity index (χ3n) is 2.66. The highest BCUT2D eigenvalue weighted by atomic mass is 79.9. The normalized spacial score (nSPS) is 12.1. The van der Waals surface area contributed by atoms with Gasteiger partial charge in [0.1, 0.15) is 12.4 Å². The number of ether oxygens (including phenoxy) is 1. The van der Waals surface area contributed by atoms with E-state index in [4.69, 9.17) is 4.74 Å². The van der Waals surface area contributed by atoms with Crippen LogP contribution in [0.2, 0.25) is 0 Å². The summed E-state index contributed by atoms with van der Waals surface area (Å²) in [4.78, 5) is 1.26. The molecule has 0 spiro atoms. The Bertz CT molecular complexity index is 484. The topological polar surface area (TPSA) is 9.23 Å². The number of hydrogen-bond donors (Lipinski definition) is 0. The second-order valence-electron chi connectivity index (χ2n) is 4.18. The molecule has 100 valence electrons. The van der Waals surface area contributed by atoms with Crippen molar-refractivity contribution < 1.29 is 4.74 Å². The van der Waals surface area contributed by atoms with E-state index < -0.39 is 0 Å². The molecule has 0 fully saturated rings. The van der Waals surface area contributed by atoms with E-state index in [0.717, 1.165) is 12.2 Å². The maximum atomic E-state index is 5.76. The summed E-state index contributed by atoms with van der Waals surface area (Å²) in [6.45, 7) is 2.78. The van der Waals surface area contributed by atoms with E-state index in [2.05, 4.69) is 47.1 Å². The van der Waals surface area contributed by atoms with Gasteiger partial charge in [0.25, 0.3) is 0 Å². The van der Waals surface area contributed by atoms with Crippen LogP contribution >= 0.6 is 27.7 Å². The molecule has 0 amide bonds. The summed E-state index contributed by atoms with van der Waals surface area (Å²) < 4.78 is 6.23. The Hall–Kier alpha value is -0.930. The van der Waals surface area contributed by atoms with Crippen molar-refractivity contribution in [3.8, 4) is 5.75 Å². The van der Waals surface area contributed by atoms with Crippen LogP contribution in [0.5, 0.6) is 5.75 Å². The summed E-state index contributed by atoms with van der Waals surface area (Å²) in [6, 6.07) is 18.5. The molecule has 0 bridgehead atoms. The Morgan fingerprint density at radius 1 is 1.05 bits per heavy atom. The first kappa shape index (κ1) is 14.5. The van der Waals surface area contributed by atoms with Crippen LogP contribution in [0.1, 0.15) is 18.9 Å². The van der Waals surface area contributed by atoms with E-state index in [0.29, 0.717) is 10.8 Å². The van der Waals surface area contributed by atoms with Crippen LogP contribution < -0.4 is 4.74 Å². The number of halogens is 1. The van der Waals surface area contributed by atoms with E-state index in [9.17, 15) is 0 Å². The Balaban J connectivity index is 1.88. The molecule has 0 aromatic heterocycles. The van der Waals surface area contributed by atoms with Gasteiger partial charge in [-0.15, -0.1) is 11.8 Å². The quantitative estimate of drug-likeness (QED) is 0.509. The summed E-state index contributed by atoms with van der Waals surface area (Å²) in [5, 5.41) is 0. The summed E-state index contributed by atoms with van der Waals surface area (Å²) in [5.74, 6) is 0.913. The Kier molecular flexibility index (Phi) is 5.80. The van der Waals surface area contributed by atoms with Crippen molar-refractivity contribution in [3.63, 3.8) is 0 Å². The molecule has 0 N–H and O–H groups in total. The summed E-state index contributed by atoms with van der Waals surface area (Å²) in [6.07, 6.45) is 1.11. The third-order valence-corrected chi connectivity index (χ3v) is 5.00. The molecule has 19 heavy (non-hydrogen) atoms. The van der Waals surface area contributed by atoms with Crippen LogP contribution in [-0.4, -0.2) is 4.16 Å². The molecule has 1 nitrogen and oxygen atoms in total. The molecule has 3 heteroatoms. The third kappa shape index (κ3) is 4.92. The van der Waals surface area contributed by atoms with Gasteiger partial charge in [-0.3, -0.25) is 0 Å². The smallest absolute Gasteiger partial charge is 0.119 e. The molecular weight excluding hydrogens is 320 g/mol. The van der Waals surface area contributed by atoms with Gasteiger partial charge in [-0.25, -0.2) is 0 Å². The molecule has 2 aromatic rings. The minimum Gasteiger partial charge on any atom is -0.489 e. The van der Waals surface area contributed by atoms with Gasteiger partial charge in [0.2, 0.25) is 0 Å². The van der Waals surface area contributed by atoms with Gasteiger partial charge in [-0.05, 0) is 36.2 Å². The Labute approximate surface area is 127 Å². The highest BCUT2D eigenvalue weighted by Crippen LogP contribution is 2.30. The number of benzene rings is 2. The Morgan fingerprint density at radius 3 is 2.37 bits per heavy atom. The summed E-state index contributed by atoms with van der Waals surface area (Å²) >= 11 is 5.45. The molecule has 0 saturated heterocycles. The number of rotatable bonds is 6. The first-order chi connectivity index (χ1) is 9.28. The molecule has 0 aliphatic rings. The van der Waals surface area contributed by atoms with Crippen molar-refractivity contribution in [2.75, 3.05) is 0 Å². The van der Waals surface area contributed by atoms with Gasteiger partial charge in [-0.2, -0.15) is 0 Å². The lowest BCUT2D eigenvalue weighted by Gasteiger charge is -2.09. The van der Waals surface area contributed by atoms with Gasteiger partial charge in [0.05, 0.1) is 4.16 Å². The molecule has 0 aliphatic carbocycles. The number of alkyl halides is 1. The van der Waals surface area contributed by atoms with Crippen molar-refractivity contribution >= 4 is 27.7 Å². The molecule has 2 rings (SSSR count). The molecular formula is C16H17BrOS. The van der Waals surface area contributed by atoms with Crippen LogP contribution in [0.4, 0.5) is 0 Å². The number of thioether (sulfide) groups is 1. The highest BCUT2D eigenvalue weighted by molar-refractivity contribution is 9.11. The van der Waals surface area contributed by atoms with Gasteiger partial charge in [-0.1, -0.05) is 53.2 Å². The molecule has 1 atom stereocenters. The van der Waals surface area contributed by atoms with Crippen molar-refractivity contribution in [2.24, 2.45) is 0 Å². The molecule has 0 radical (unpaired) electrons. The van der Waals surface area contributed by atoms with Crippen LogP contribution in [0.25, 0.3) is 0 Å². The van der Waals surface area contributed by atoms with E-state index in [1.165, 1.54) is 10.5 Å². The second-order valence-corrected chi connectivity index (χ2v) is 7.17. The van der Waals surface area contributed by atoms with Crippen molar-refractivity contribution in [1.82, 2.24) is 0 Å². The van der Waals surface area contributed by atoms with Gasteiger partial charge < -0.3 is 4.74 Å². The van der Waals surface area contributed by atoms with Crippen molar-refractivity contribution in [1.29, 1.82) is 0 Å². The predicted octanol–water partition coefficient (Wildman–Crippen LogP) is 5.49. The molecule has 2 aromatic carbocycles. The SMILES string of the molecule is CCC(Br)Sc1ccc(OCc2ccccc2)cc1. The fraction of sp³-hybridized carbons (Fsp3) is 0.250. The van der Waals surface area contributed by atoms with Crippen LogP contribution in [0.15, 0.2) is 59.5 Å². The van der Waals surface area contributed by atoms with Crippen molar-refractivity contribution in [3.05, 3.63) is 60.2 Å². The largest absolute Gasteiger partial charge is 0.489 e. The summed E-state index contributed by atoms with van der Waals surface area (Å²) in [7, 11) is 0. The van der Waals surface area contributed by atoms with Crippen LogP contribution in [0.3, 0.4) is 0 Å². The van der Waals surface area contributed by atoms with Gasteiger partial charge >= 0.3 is 0 Å². The van der Waals surface area contributed by atoms with Gasteiger partial charge in [0.15, 0.2) is 0 Å². The predicted molar refractivity (Wildman–Crippen MR) is 86.1 cm³/mol. The molecule has 0 heterocycles. The van der Waals surface area contributed by atoms with E-state index in [-0.39, 0.29) is 0 Å². The fourth-order valence-electron chi connectivity index (χ4n) is 1.59. The Morgan fingerprint density at radius 2 is 1.74 bits per heavy atom. The molecule has 0 saturated carbocycles. The lowest BCUT2D eigenvalue weighted by Crippen LogP contribution is -1.94. The fourth-order valence-corrected chi connectivity index (χ4v) is 2.99. The second kappa shape index (κ2) is 7.61. The lowest BCUT2D eigenvalue weighted by atomic mass is 10.2. The van der Waals surface area contributed by atoms with Crippen LogP contribution in [0, 0.1) is 0 Å². The maximum Gasteiger partial charge on any atom is 0.119 e. The first-order valence-corrected chi connectivity index (χ1v) is 8.15. The average Bonchev–Trinajstić information content (AvgIpc) is 2.47. The van der Waals surface area contributed by atoms with Crippen LogP contribution in [-0.2, 0) is 6.61 Å². The average molecular weight is 337 g/mol. The highest BCUT2D eigenvalue weighted by Gasteiger charge is 2.03. The first-order valence-electron chi connectivity index (χ1n) is 6.35. The molecule has 0 aliphatic heterocycles. The monoisotopic (exact) mass is 336 g/mol. The lowest BCUT2D eigenvalue weighted by molar-refractivity contribution is 0.306. The van der Waals surface area contributed by atoms with E-state index in [1.54, 1.807) is 0 Å². The zero-order chi connectivity index (χ0) is 13.5. The molecule has 1 unspecified atom stereocenters. The standard InChI is InChI=1S/C16H17BrOS/c1-2-16(17)19-15-10-8-14(9-11-15)18-12-13-6-4-3-5-7-13/h3-11,16H,2,12H2,1H3. The van der Waals surface area contributed by atoms with E-state index in [1.807, 2.05) is 42.1 Å². The van der Waals surface area contributed by atoms with Crippen molar-refractivity contribution in [2.45, 2.75) is 29.0 Å². The number of hydrogen-bond acceptors (Lipinski definition) is 2. The minimum atomic E-state index is 0.476.